The van der Waals surface area contributed by atoms with Crippen molar-refractivity contribution in [2.75, 3.05) is 0 Å². The van der Waals surface area contributed by atoms with Crippen LogP contribution in [-0.4, -0.2) is 20.6 Å². The van der Waals surface area contributed by atoms with E-state index in [1.54, 1.807) is 19.1 Å². The van der Waals surface area contributed by atoms with Crippen molar-refractivity contribution in [2.45, 2.75) is 37.4 Å². The minimum atomic E-state index is -4.41. The van der Waals surface area contributed by atoms with Crippen LogP contribution in [0.1, 0.15) is 18.9 Å². The summed E-state index contributed by atoms with van der Waals surface area (Å²) in [6.07, 6.45) is -5.62. The summed E-state index contributed by atoms with van der Waals surface area (Å²) in [5.74, 6) is 0. The Labute approximate surface area is 118 Å². The van der Waals surface area contributed by atoms with E-state index in [4.69, 9.17) is 0 Å². The van der Waals surface area contributed by atoms with Crippen LogP contribution >= 0.6 is 15.9 Å². The lowest BCUT2D eigenvalue weighted by molar-refractivity contribution is -0.137. The van der Waals surface area contributed by atoms with Crippen molar-refractivity contribution < 1.29 is 21.6 Å². The third-order valence-corrected chi connectivity index (χ3v) is 4.56. The Balaban J connectivity index is 2.96. The van der Waals surface area contributed by atoms with Crippen molar-refractivity contribution in [3.63, 3.8) is 0 Å². The van der Waals surface area contributed by atoms with Crippen LogP contribution in [0.2, 0.25) is 0 Å². The average molecular weight is 360 g/mol. The van der Waals surface area contributed by atoms with Gasteiger partial charge in [0.05, 0.1) is 11.3 Å². The topological polar surface area (TPSA) is 46.2 Å². The molecule has 0 aliphatic heterocycles. The first kappa shape index (κ1) is 16.5. The molecule has 0 spiro atoms. The van der Waals surface area contributed by atoms with E-state index in [2.05, 4.69) is 15.9 Å². The summed E-state index contributed by atoms with van der Waals surface area (Å²) in [6, 6.07) is 3.38. The molecule has 0 radical (unpaired) electrons. The lowest BCUT2D eigenvalue weighted by Gasteiger charge is -2.17. The van der Waals surface area contributed by atoms with Gasteiger partial charge in [-0.25, -0.2) is 13.1 Å². The van der Waals surface area contributed by atoms with Crippen molar-refractivity contribution in [1.82, 2.24) is 4.72 Å². The number of alkyl halides is 3. The third kappa shape index (κ3) is 5.12. The van der Waals surface area contributed by atoms with Crippen LogP contribution in [0.25, 0.3) is 0 Å². The first-order chi connectivity index (χ1) is 8.51. The van der Waals surface area contributed by atoms with Crippen LogP contribution < -0.4 is 4.72 Å². The predicted octanol–water partition coefficient (Wildman–Crippen LogP) is 3.38. The van der Waals surface area contributed by atoms with Gasteiger partial charge in [0, 0.05) is 10.5 Å². The van der Waals surface area contributed by atoms with Crippen LogP contribution in [0, 0.1) is 6.92 Å². The molecular formula is C11H13BrF3NO2S. The normalized spacial score (nSPS) is 14.4. The smallest absolute Gasteiger partial charge is 0.208 e. The van der Waals surface area contributed by atoms with Gasteiger partial charge in [-0.1, -0.05) is 22.0 Å². The fourth-order valence-electron chi connectivity index (χ4n) is 1.58. The lowest BCUT2D eigenvalue weighted by Crippen LogP contribution is -2.36. The molecule has 0 saturated carbocycles. The number of halogens is 4. The minimum Gasteiger partial charge on any atom is -0.208 e. The average Bonchev–Trinajstić information content (AvgIpc) is 2.17. The van der Waals surface area contributed by atoms with Crippen LogP contribution in [0.15, 0.2) is 27.6 Å². The molecule has 0 aromatic heterocycles. The molecule has 1 atom stereocenters. The highest BCUT2D eigenvalue weighted by atomic mass is 79.9. The highest BCUT2D eigenvalue weighted by Crippen LogP contribution is 2.24. The number of hydrogen-bond donors (Lipinski definition) is 1. The molecule has 1 aromatic rings. The van der Waals surface area contributed by atoms with Crippen LogP contribution in [-0.2, 0) is 10.0 Å². The molecule has 0 heterocycles. The van der Waals surface area contributed by atoms with Gasteiger partial charge >= 0.3 is 6.18 Å². The van der Waals surface area contributed by atoms with Crippen molar-refractivity contribution in [3.8, 4) is 0 Å². The molecule has 19 heavy (non-hydrogen) atoms. The Bertz CT molecular complexity index is 558. The SMILES string of the molecule is Cc1ccc(Br)cc1S(=O)(=O)NC(C)CC(F)(F)F. The zero-order chi connectivity index (χ0) is 14.8. The zero-order valence-corrected chi connectivity index (χ0v) is 12.7. The molecule has 108 valence electrons. The maximum Gasteiger partial charge on any atom is 0.390 e. The second-order valence-electron chi connectivity index (χ2n) is 4.25. The van der Waals surface area contributed by atoms with Crippen LogP contribution in [0.5, 0.6) is 0 Å². The van der Waals surface area contributed by atoms with E-state index in [0.29, 0.717) is 10.0 Å². The van der Waals surface area contributed by atoms with Gasteiger partial charge in [-0.3, -0.25) is 0 Å². The summed E-state index contributed by atoms with van der Waals surface area (Å²) in [7, 11) is -3.97. The van der Waals surface area contributed by atoms with E-state index in [0.717, 1.165) is 0 Å². The Morgan fingerprint density at radius 1 is 1.37 bits per heavy atom. The van der Waals surface area contributed by atoms with Crippen molar-refractivity contribution in [2.24, 2.45) is 0 Å². The quantitative estimate of drug-likeness (QED) is 0.895. The van der Waals surface area contributed by atoms with Gasteiger partial charge in [0.15, 0.2) is 0 Å². The van der Waals surface area contributed by atoms with Crippen molar-refractivity contribution in [1.29, 1.82) is 0 Å². The Morgan fingerprint density at radius 2 is 1.95 bits per heavy atom. The molecular weight excluding hydrogens is 347 g/mol. The summed E-state index contributed by atoms with van der Waals surface area (Å²) < 4.78 is 63.1. The molecule has 0 bridgehead atoms. The number of aryl methyl sites for hydroxylation is 1. The zero-order valence-electron chi connectivity index (χ0n) is 10.3. The van der Waals surface area contributed by atoms with Gasteiger partial charge in [-0.05, 0) is 31.5 Å². The molecule has 8 heteroatoms. The molecule has 1 unspecified atom stereocenters. The fraction of sp³-hybridized carbons (Fsp3) is 0.455. The second kappa shape index (κ2) is 5.80. The Kier molecular flexibility index (Phi) is 5.02. The van der Waals surface area contributed by atoms with E-state index in [1.165, 1.54) is 13.0 Å². The summed E-state index contributed by atoms with van der Waals surface area (Å²) in [5.41, 5.74) is 0.468. The third-order valence-electron chi connectivity index (χ3n) is 2.33. The van der Waals surface area contributed by atoms with Crippen LogP contribution in [0.4, 0.5) is 13.2 Å². The van der Waals surface area contributed by atoms with Crippen molar-refractivity contribution >= 4 is 26.0 Å². The van der Waals surface area contributed by atoms with Gasteiger partial charge in [-0.15, -0.1) is 0 Å². The largest absolute Gasteiger partial charge is 0.390 e. The van der Waals surface area contributed by atoms with Gasteiger partial charge in [-0.2, -0.15) is 13.2 Å². The molecule has 0 saturated heterocycles. The number of rotatable bonds is 4. The summed E-state index contributed by atoms with van der Waals surface area (Å²) in [5, 5.41) is 0. The lowest BCUT2D eigenvalue weighted by atomic mass is 10.2. The maximum absolute atomic E-state index is 12.2. The number of benzene rings is 1. The monoisotopic (exact) mass is 359 g/mol. The van der Waals surface area contributed by atoms with Crippen molar-refractivity contribution in [3.05, 3.63) is 28.2 Å². The maximum atomic E-state index is 12.2. The number of hydrogen-bond acceptors (Lipinski definition) is 2. The Morgan fingerprint density at radius 3 is 2.47 bits per heavy atom. The fourth-order valence-corrected chi connectivity index (χ4v) is 3.61. The van der Waals surface area contributed by atoms with Crippen LogP contribution in [0.3, 0.4) is 0 Å². The highest BCUT2D eigenvalue weighted by Gasteiger charge is 2.32. The first-order valence-corrected chi connectivity index (χ1v) is 7.64. The summed E-state index contributed by atoms with van der Waals surface area (Å²) in [6.45, 7) is 2.76. The van der Waals surface area contributed by atoms with E-state index in [1.807, 2.05) is 4.72 Å². The standard InChI is InChI=1S/C11H13BrF3NO2S/c1-7-3-4-9(12)5-10(7)19(17,18)16-8(2)6-11(13,14)15/h3-5,8,16H,6H2,1-2H3. The minimum absolute atomic E-state index is 0.0316. The van der Waals surface area contributed by atoms with Gasteiger partial charge in [0.1, 0.15) is 0 Å². The van der Waals surface area contributed by atoms with E-state index in [-0.39, 0.29) is 4.90 Å². The van der Waals surface area contributed by atoms with Gasteiger partial charge in [0.25, 0.3) is 0 Å². The molecule has 1 aromatic carbocycles. The first-order valence-electron chi connectivity index (χ1n) is 5.36. The molecule has 1 N–H and O–H groups in total. The summed E-state index contributed by atoms with van der Waals surface area (Å²) in [4.78, 5) is -0.0316. The second-order valence-corrected chi connectivity index (χ2v) is 6.85. The molecule has 0 fully saturated rings. The van der Waals surface area contributed by atoms with Gasteiger partial charge in [0.2, 0.25) is 10.0 Å². The van der Waals surface area contributed by atoms with E-state index < -0.39 is 28.7 Å². The number of nitrogens with one attached hydrogen (secondary N) is 1. The highest BCUT2D eigenvalue weighted by molar-refractivity contribution is 9.10. The summed E-state index contributed by atoms with van der Waals surface area (Å²) >= 11 is 3.13. The molecule has 0 aliphatic rings. The molecule has 3 nitrogen and oxygen atoms in total. The Hall–Kier alpha value is -0.600. The van der Waals surface area contributed by atoms with E-state index >= 15 is 0 Å². The molecule has 1 rings (SSSR count). The molecule has 0 aliphatic carbocycles. The predicted molar refractivity (Wildman–Crippen MR) is 69.3 cm³/mol. The molecule has 0 amide bonds. The van der Waals surface area contributed by atoms with E-state index in [9.17, 15) is 21.6 Å². The number of sulfonamides is 1. The van der Waals surface area contributed by atoms with Gasteiger partial charge < -0.3 is 0 Å².